The van der Waals surface area contributed by atoms with Crippen molar-refractivity contribution in [2.75, 3.05) is 11.6 Å². The lowest BCUT2D eigenvalue weighted by Gasteiger charge is -2.14. The van der Waals surface area contributed by atoms with Gasteiger partial charge in [-0.05, 0) is 53.9 Å². The van der Waals surface area contributed by atoms with E-state index < -0.39 is 21.5 Å². The van der Waals surface area contributed by atoms with E-state index in [1.54, 1.807) is 18.5 Å². The number of hydrogen-bond donors (Lipinski definition) is 1. The van der Waals surface area contributed by atoms with Gasteiger partial charge in [0.25, 0.3) is 0 Å². The average molecular weight is 423 g/mol. The average Bonchev–Trinajstić information content (AvgIpc) is 2.61. The second kappa shape index (κ2) is 7.85. The first-order chi connectivity index (χ1) is 13.1. The highest BCUT2D eigenvalue weighted by Crippen LogP contribution is 2.27. The number of sulfone groups is 1. The molecule has 0 fully saturated rings. The summed E-state index contributed by atoms with van der Waals surface area (Å²) < 4.78 is 51.5. The predicted octanol–water partition coefficient (Wildman–Crippen LogP) is 5.06. The summed E-state index contributed by atoms with van der Waals surface area (Å²) in [5.74, 6) is -1.11. The fraction of sp³-hybridized carbons (Fsp3) is 0.150. The molecule has 146 valence electrons. The van der Waals surface area contributed by atoms with E-state index in [1.807, 2.05) is 6.92 Å². The molecule has 0 spiro atoms. The van der Waals surface area contributed by atoms with Crippen LogP contribution in [-0.4, -0.2) is 19.7 Å². The Labute approximate surface area is 167 Å². The van der Waals surface area contributed by atoms with E-state index in [0.29, 0.717) is 16.3 Å². The third kappa shape index (κ3) is 4.48. The zero-order chi connectivity index (χ0) is 20.5. The standard InChI is InChI=1S/C20H17ClF2N2O2S/c1-12-14(7-13-3-5-16(9-17(13)22)28(2,26)27)10-24-11-20(12)25-19-6-4-15(21)8-18(19)23/h3-6,8-11,25H,7H2,1-2H3. The quantitative estimate of drug-likeness (QED) is 0.624. The molecule has 0 atom stereocenters. The Morgan fingerprint density at radius 2 is 1.75 bits per heavy atom. The number of hydrogen-bond acceptors (Lipinski definition) is 4. The Balaban J connectivity index is 1.89. The summed E-state index contributed by atoms with van der Waals surface area (Å²) in [4.78, 5) is 4.07. The molecule has 1 N–H and O–H groups in total. The van der Waals surface area contributed by atoms with Gasteiger partial charge in [-0.2, -0.15) is 0 Å². The van der Waals surface area contributed by atoms with Crippen LogP contribution in [0.25, 0.3) is 0 Å². The topological polar surface area (TPSA) is 59.1 Å². The van der Waals surface area contributed by atoms with E-state index in [1.165, 1.54) is 24.3 Å². The van der Waals surface area contributed by atoms with Crippen molar-refractivity contribution < 1.29 is 17.2 Å². The van der Waals surface area contributed by atoms with Gasteiger partial charge in [0.05, 0.1) is 22.5 Å². The van der Waals surface area contributed by atoms with Gasteiger partial charge in [0.2, 0.25) is 0 Å². The van der Waals surface area contributed by atoms with Crippen LogP contribution in [-0.2, 0) is 16.3 Å². The van der Waals surface area contributed by atoms with Gasteiger partial charge in [0, 0.05) is 23.9 Å². The van der Waals surface area contributed by atoms with E-state index in [-0.39, 0.29) is 17.0 Å². The van der Waals surface area contributed by atoms with Crippen LogP contribution in [0.15, 0.2) is 53.7 Å². The molecule has 3 rings (SSSR count). The molecule has 8 heteroatoms. The second-order valence-electron chi connectivity index (χ2n) is 6.42. The van der Waals surface area contributed by atoms with E-state index in [2.05, 4.69) is 10.3 Å². The van der Waals surface area contributed by atoms with Crippen molar-refractivity contribution in [3.8, 4) is 0 Å². The monoisotopic (exact) mass is 422 g/mol. The smallest absolute Gasteiger partial charge is 0.175 e. The van der Waals surface area contributed by atoms with Gasteiger partial charge in [-0.1, -0.05) is 17.7 Å². The van der Waals surface area contributed by atoms with E-state index in [4.69, 9.17) is 11.6 Å². The summed E-state index contributed by atoms with van der Waals surface area (Å²) in [6, 6.07) is 8.13. The van der Waals surface area contributed by atoms with Crippen LogP contribution in [0.4, 0.5) is 20.2 Å². The van der Waals surface area contributed by atoms with Gasteiger partial charge in [-0.15, -0.1) is 0 Å². The molecule has 1 heterocycles. The molecule has 0 amide bonds. The third-order valence-corrected chi connectivity index (χ3v) is 5.70. The van der Waals surface area contributed by atoms with E-state index >= 15 is 0 Å². The minimum absolute atomic E-state index is 0.0720. The molecule has 3 aromatic rings. The van der Waals surface area contributed by atoms with Crippen molar-refractivity contribution in [3.05, 3.63) is 82.1 Å². The molecule has 2 aromatic carbocycles. The zero-order valence-corrected chi connectivity index (χ0v) is 16.7. The van der Waals surface area contributed by atoms with E-state index in [0.717, 1.165) is 23.4 Å². The zero-order valence-electron chi connectivity index (χ0n) is 15.1. The lowest BCUT2D eigenvalue weighted by molar-refractivity contribution is 0.592. The summed E-state index contributed by atoms with van der Waals surface area (Å²) >= 11 is 5.77. The minimum Gasteiger partial charge on any atom is -0.352 e. The maximum Gasteiger partial charge on any atom is 0.175 e. The molecule has 0 radical (unpaired) electrons. The van der Waals surface area contributed by atoms with Crippen molar-refractivity contribution in [2.45, 2.75) is 18.2 Å². The first kappa shape index (κ1) is 20.2. The molecule has 0 unspecified atom stereocenters. The molecule has 0 aliphatic heterocycles. The van der Waals surface area contributed by atoms with Crippen LogP contribution >= 0.6 is 11.6 Å². The Morgan fingerprint density at radius 3 is 2.39 bits per heavy atom. The lowest BCUT2D eigenvalue weighted by Crippen LogP contribution is -2.03. The highest BCUT2D eigenvalue weighted by Gasteiger charge is 2.14. The molecule has 4 nitrogen and oxygen atoms in total. The van der Waals surface area contributed by atoms with Crippen LogP contribution in [0, 0.1) is 18.6 Å². The molecule has 0 aliphatic rings. The predicted molar refractivity (Wildman–Crippen MR) is 106 cm³/mol. The number of nitrogens with zero attached hydrogens (tertiary/aromatic N) is 1. The van der Waals surface area contributed by atoms with Gasteiger partial charge in [-0.25, -0.2) is 17.2 Å². The first-order valence-corrected chi connectivity index (χ1v) is 10.6. The van der Waals surface area contributed by atoms with Gasteiger partial charge < -0.3 is 5.32 Å². The maximum absolute atomic E-state index is 14.4. The summed E-state index contributed by atoms with van der Waals surface area (Å²) in [7, 11) is -3.48. The number of anilines is 2. The second-order valence-corrected chi connectivity index (χ2v) is 8.87. The molecule has 28 heavy (non-hydrogen) atoms. The van der Waals surface area contributed by atoms with Gasteiger partial charge >= 0.3 is 0 Å². The van der Waals surface area contributed by atoms with Gasteiger partial charge in [-0.3, -0.25) is 4.98 Å². The summed E-state index contributed by atoms with van der Waals surface area (Å²) in [6.07, 6.45) is 4.40. The highest BCUT2D eigenvalue weighted by molar-refractivity contribution is 7.90. The fourth-order valence-corrected chi connectivity index (χ4v) is 3.51. The minimum atomic E-state index is -3.48. The number of pyridine rings is 1. The van der Waals surface area contributed by atoms with Crippen LogP contribution in [0.2, 0.25) is 5.02 Å². The van der Waals surface area contributed by atoms with Crippen LogP contribution in [0.5, 0.6) is 0 Å². The molecular formula is C20H17ClF2N2O2S. The van der Waals surface area contributed by atoms with Crippen molar-refractivity contribution in [1.29, 1.82) is 0 Å². The Bertz CT molecular complexity index is 1150. The highest BCUT2D eigenvalue weighted by atomic mass is 35.5. The number of rotatable bonds is 5. The largest absolute Gasteiger partial charge is 0.352 e. The maximum atomic E-state index is 14.4. The first-order valence-electron chi connectivity index (χ1n) is 8.29. The number of aromatic nitrogens is 1. The van der Waals surface area contributed by atoms with Crippen molar-refractivity contribution in [3.63, 3.8) is 0 Å². The molecule has 0 bridgehead atoms. The van der Waals surface area contributed by atoms with Crippen LogP contribution in [0.1, 0.15) is 16.7 Å². The third-order valence-electron chi connectivity index (χ3n) is 4.35. The molecule has 0 saturated heterocycles. The van der Waals surface area contributed by atoms with Crippen LogP contribution in [0.3, 0.4) is 0 Å². The Kier molecular flexibility index (Phi) is 5.67. The van der Waals surface area contributed by atoms with Crippen LogP contribution < -0.4 is 5.32 Å². The number of halogens is 3. The summed E-state index contributed by atoms with van der Waals surface area (Å²) in [5, 5.41) is 3.26. The van der Waals surface area contributed by atoms with Crippen molar-refractivity contribution >= 4 is 32.8 Å². The lowest BCUT2D eigenvalue weighted by atomic mass is 10.0. The van der Waals surface area contributed by atoms with Gasteiger partial charge in [0.1, 0.15) is 11.6 Å². The summed E-state index contributed by atoms with van der Waals surface area (Å²) in [6.45, 7) is 1.82. The number of nitrogens with one attached hydrogen (secondary N) is 1. The molecule has 0 aliphatic carbocycles. The van der Waals surface area contributed by atoms with Crippen molar-refractivity contribution in [2.24, 2.45) is 0 Å². The molecular weight excluding hydrogens is 406 g/mol. The van der Waals surface area contributed by atoms with E-state index in [9.17, 15) is 17.2 Å². The number of benzene rings is 2. The fourth-order valence-electron chi connectivity index (χ4n) is 2.72. The Morgan fingerprint density at radius 1 is 1.00 bits per heavy atom. The summed E-state index contributed by atoms with van der Waals surface area (Å²) in [5.41, 5.74) is 2.66. The molecule has 1 aromatic heterocycles. The van der Waals surface area contributed by atoms with Gasteiger partial charge in [0.15, 0.2) is 9.84 Å². The molecule has 0 saturated carbocycles. The normalized spacial score (nSPS) is 11.5. The Hall–Kier alpha value is -2.51. The van der Waals surface area contributed by atoms with Crippen molar-refractivity contribution in [1.82, 2.24) is 4.98 Å². The SMILES string of the molecule is Cc1c(Cc2ccc(S(C)(=O)=O)cc2F)cncc1Nc1ccc(Cl)cc1F.